The maximum atomic E-state index is 13.8. The molecule has 0 heterocycles. The number of ether oxygens (including phenoxy) is 1. The molecule has 0 saturated heterocycles. The first-order chi connectivity index (χ1) is 9.52. The maximum Gasteiger partial charge on any atom is 0.252 e. The molecule has 0 atom stereocenters. The fourth-order valence-corrected chi connectivity index (χ4v) is 1.70. The van der Waals surface area contributed by atoms with Crippen molar-refractivity contribution < 1.29 is 18.3 Å². The van der Waals surface area contributed by atoms with Gasteiger partial charge in [0, 0.05) is 6.54 Å². The van der Waals surface area contributed by atoms with Crippen LogP contribution in [0.15, 0.2) is 36.4 Å². The minimum Gasteiger partial charge on any atom is -0.450 e. The van der Waals surface area contributed by atoms with E-state index in [1.54, 1.807) is 12.1 Å². The Morgan fingerprint density at radius 3 is 2.30 bits per heavy atom. The van der Waals surface area contributed by atoms with Gasteiger partial charge in [0.05, 0.1) is 5.56 Å². The average molecular weight is 278 g/mol. The summed E-state index contributed by atoms with van der Waals surface area (Å²) in [5.41, 5.74) is 10.8. The number of nitrogens with two attached hydrogens (primary N) is 2. The first-order valence-corrected chi connectivity index (χ1v) is 5.77. The zero-order valence-corrected chi connectivity index (χ0v) is 10.4. The van der Waals surface area contributed by atoms with Crippen molar-refractivity contribution in [3.8, 4) is 11.5 Å². The van der Waals surface area contributed by atoms with Crippen molar-refractivity contribution in [3.63, 3.8) is 0 Å². The molecule has 0 bridgehead atoms. The number of hydrogen-bond donors (Lipinski definition) is 2. The van der Waals surface area contributed by atoms with E-state index in [4.69, 9.17) is 16.2 Å². The lowest BCUT2D eigenvalue weighted by atomic mass is 10.2. The number of benzene rings is 2. The molecule has 1 amide bonds. The Morgan fingerprint density at radius 1 is 1.15 bits per heavy atom. The Balaban J connectivity index is 2.43. The fourth-order valence-electron chi connectivity index (χ4n) is 1.70. The van der Waals surface area contributed by atoms with Crippen molar-refractivity contribution >= 4 is 5.91 Å². The molecule has 104 valence electrons. The molecule has 0 aromatic heterocycles. The van der Waals surface area contributed by atoms with Gasteiger partial charge in [-0.15, -0.1) is 0 Å². The van der Waals surface area contributed by atoms with Crippen LogP contribution in [0.25, 0.3) is 0 Å². The minimum absolute atomic E-state index is 0.00595. The monoisotopic (exact) mass is 278 g/mol. The first-order valence-electron chi connectivity index (χ1n) is 5.77. The van der Waals surface area contributed by atoms with Gasteiger partial charge in [0.2, 0.25) is 0 Å². The molecule has 4 nitrogen and oxygen atoms in total. The molecule has 2 aromatic carbocycles. The Hall–Kier alpha value is -2.47. The number of para-hydroxylation sites is 1. The largest absolute Gasteiger partial charge is 0.450 e. The van der Waals surface area contributed by atoms with E-state index in [1.165, 1.54) is 12.1 Å². The van der Waals surface area contributed by atoms with Gasteiger partial charge in [-0.3, -0.25) is 4.79 Å². The van der Waals surface area contributed by atoms with Crippen molar-refractivity contribution in [2.24, 2.45) is 11.5 Å². The topological polar surface area (TPSA) is 78.3 Å². The molecule has 2 rings (SSSR count). The molecule has 0 aliphatic heterocycles. The third kappa shape index (κ3) is 2.75. The first kappa shape index (κ1) is 14.0. The summed E-state index contributed by atoms with van der Waals surface area (Å²) in [4.78, 5) is 11.2. The molecule has 0 aliphatic rings. The number of primary amides is 1. The summed E-state index contributed by atoms with van der Waals surface area (Å²) in [6.45, 7) is 0.00595. The van der Waals surface area contributed by atoms with Crippen LogP contribution in [0, 0.1) is 11.6 Å². The van der Waals surface area contributed by atoms with Gasteiger partial charge >= 0.3 is 0 Å². The maximum absolute atomic E-state index is 13.8. The van der Waals surface area contributed by atoms with E-state index >= 15 is 0 Å². The molecule has 0 saturated carbocycles. The van der Waals surface area contributed by atoms with Gasteiger partial charge in [-0.05, 0) is 29.8 Å². The highest BCUT2D eigenvalue weighted by Crippen LogP contribution is 2.30. The highest BCUT2D eigenvalue weighted by molar-refractivity contribution is 5.95. The molecule has 2 aromatic rings. The van der Waals surface area contributed by atoms with Crippen LogP contribution in [0.2, 0.25) is 0 Å². The molecule has 0 aliphatic carbocycles. The summed E-state index contributed by atoms with van der Waals surface area (Å²) >= 11 is 0. The second-order valence-electron chi connectivity index (χ2n) is 4.06. The summed E-state index contributed by atoms with van der Waals surface area (Å²) in [7, 11) is 0. The van der Waals surface area contributed by atoms with Crippen LogP contribution in [0.4, 0.5) is 8.78 Å². The molecule has 4 N–H and O–H groups in total. The van der Waals surface area contributed by atoms with Crippen molar-refractivity contribution in [3.05, 3.63) is 59.2 Å². The van der Waals surface area contributed by atoms with Crippen LogP contribution < -0.4 is 16.2 Å². The number of carbonyl (C=O) groups excluding carboxylic acids is 1. The molecule has 0 spiro atoms. The molecular formula is C14H12F2N2O2. The second-order valence-corrected chi connectivity index (χ2v) is 4.06. The Labute approximate surface area is 114 Å². The summed E-state index contributed by atoms with van der Waals surface area (Å²) in [6.07, 6.45) is 0. The lowest BCUT2D eigenvalue weighted by molar-refractivity contribution is 0.0998. The van der Waals surface area contributed by atoms with Crippen LogP contribution >= 0.6 is 0 Å². The van der Waals surface area contributed by atoms with Gasteiger partial charge in [0.1, 0.15) is 5.75 Å². The SMILES string of the molecule is NCc1cc(F)c(Oc2ccccc2C(N)=O)c(F)c1. The highest BCUT2D eigenvalue weighted by Gasteiger charge is 2.16. The summed E-state index contributed by atoms with van der Waals surface area (Å²) in [5, 5.41) is 0. The minimum atomic E-state index is -0.898. The van der Waals surface area contributed by atoms with E-state index in [0.717, 1.165) is 12.1 Å². The molecule has 0 unspecified atom stereocenters. The van der Waals surface area contributed by atoms with E-state index in [1.807, 2.05) is 0 Å². The van der Waals surface area contributed by atoms with Crippen molar-refractivity contribution in [2.45, 2.75) is 6.54 Å². The molecule has 0 fully saturated rings. The van der Waals surface area contributed by atoms with Gasteiger partial charge in [-0.2, -0.15) is 0 Å². The number of halogens is 2. The number of rotatable bonds is 4. The smallest absolute Gasteiger partial charge is 0.252 e. The number of amides is 1. The third-order valence-corrected chi connectivity index (χ3v) is 2.66. The van der Waals surface area contributed by atoms with Gasteiger partial charge in [0.15, 0.2) is 17.4 Å². The molecule has 0 radical (unpaired) electrons. The number of hydrogen-bond acceptors (Lipinski definition) is 3. The van der Waals surface area contributed by atoms with Crippen LogP contribution in [-0.2, 0) is 6.54 Å². The quantitative estimate of drug-likeness (QED) is 0.900. The second kappa shape index (κ2) is 5.66. The Morgan fingerprint density at radius 2 is 1.75 bits per heavy atom. The van der Waals surface area contributed by atoms with Crippen LogP contribution in [0.3, 0.4) is 0 Å². The molecular weight excluding hydrogens is 266 g/mol. The van der Waals surface area contributed by atoms with Crippen molar-refractivity contribution in [1.82, 2.24) is 0 Å². The standard InChI is InChI=1S/C14H12F2N2O2/c15-10-5-8(7-17)6-11(16)13(10)20-12-4-2-1-3-9(12)14(18)19/h1-6H,7,17H2,(H2,18,19). The summed E-state index contributed by atoms with van der Waals surface area (Å²) < 4.78 is 32.7. The van der Waals surface area contributed by atoms with E-state index in [2.05, 4.69) is 0 Å². The zero-order chi connectivity index (χ0) is 14.7. The Kier molecular flexibility index (Phi) is 3.95. The lowest BCUT2D eigenvalue weighted by Crippen LogP contribution is -2.12. The predicted octanol–water partition coefficient (Wildman–Crippen LogP) is 2.31. The van der Waals surface area contributed by atoms with Gasteiger partial charge in [0.25, 0.3) is 5.91 Å². The van der Waals surface area contributed by atoms with Crippen LogP contribution in [-0.4, -0.2) is 5.91 Å². The summed E-state index contributed by atoms with van der Waals surface area (Å²) in [6, 6.07) is 8.08. The van der Waals surface area contributed by atoms with Crippen LogP contribution in [0.1, 0.15) is 15.9 Å². The van der Waals surface area contributed by atoms with E-state index < -0.39 is 23.3 Å². The predicted molar refractivity (Wildman–Crippen MR) is 69.3 cm³/mol. The van der Waals surface area contributed by atoms with Crippen LogP contribution in [0.5, 0.6) is 11.5 Å². The van der Waals surface area contributed by atoms with E-state index in [-0.39, 0.29) is 17.9 Å². The molecule has 20 heavy (non-hydrogen) atoms. The highest BCUT2D eigenvalue weighted by atomic mass is 19.1. The van der Waals surface area contributed by atoms with Crippen molar-refractivity contribution in [1.29, 1.82) is 0 Å². The Bertz CT molecular complexity index is 636. The van der Waals surface area contributed by atoms with Gasteiger partial charge in [-0.1, -0.05) is 12.1 Å². The lowest BCUT2D eigenvalue weighted by Gasteiger charge is -2.11. The van der Waals surface area contributed by atoms with E-state index in [9.17, 15) is 13.6 Å². The third-order valence-electron chi connectivity index (χ3n) is 2.66. The average Bonchev–Trinajstić information content (AvgIpc) is 2.42. The molecule has 6 heteroatoms. The normalized spacial score (nSPS) is 10.3. The zero-order valence-electron chi connectivity index (χ0n) is 10.4. The van der Waals surface area contributed by atoms with Gasteiger partial charge in [-0.25, -0.2) is 8.78 Å². The fraction of sp³-hybridized carbons (Fsp3) is 0.0714. The van der Waals surface area contributed by atoms with Crippen molar-refractivity contribution in [2.75, 3.05) is 0 Å². The number of carbonyl (C=O) groups is 1. The van der Waals surface area contributed by atoms with Gasteiger partial charge < -0.3 is 16.2 Å². The summed E-state index contributed by atoms with van der Waals surface area (Å²) in [5.74, 6) is -3.16. The van der Waals surface area contributed by atoms with E-state index in [0.29, 0.717) is 5.56 Å².